The highest BCUT2D eigenvalue weighted by Crippen LogP contribution is 2.45. The molecule has 1 aliphatic heterocycles. The second-order valence-corrected chi connectivity index (χ2v) is 8.69. The molecule has 5 nitrogen and oxygen atoms in total. The van der Waals surface area contributed by atoms with Crippen LogP contribution in [0.2, 0.25) is 5.02 Å². The fraction of sp³-hybridized carbons (Fsp3) is 0.522. The Morgan fingerprint density at radius 2 is 1.93 bits per heavy atom. The van der Waals surface area contributed by atoms with E-state index in [2.05, 4.69) is 6.58 Å². The van der Waals surface area contributed by atoms with Crippen molar-refractivity contribution >= 4 is 29.3 Å². The number of imide groups is 1. The van der Waals surface area contributed by atoms with Crippen molar-refractivity contribution in [3.8, 4) is 0 Å². The summed E-state index contributed by atoms with van der Waals surface area (Å²) in [5.74, 6) is -0.635. The van der Waals surface area contributed by atoms with Crippen LogP contribution in [0.25, 0.3) is 0 Å². The molecule has 2 fully saturated rings. The van der Waals surface area contributed by atoms with Crippen molar-refractivity contribution in [3.63, 3.8) is 0 Å². The van der Waals surface area contributed by atoms with Gasteiger partial charge in [-0.3, -0.25) is 19.3 Å². The standard InChI is InChI=1S/C23H29ClN2O3/c1-4-25(15-16(2)3)20(27)13-23(18-11-7-8-12-19(18)24)14-21(28)26(22(23)29)17-9-5-6-10-17/h7-8,11-12,17H,2,4-6,9-10,13-15H2,1,3H3/t23-/m0/s1. The molecule has 0 unspecified atom stereocenters. The predicted molar refractivity (Wildman–Crippen MR) is 114 cm³/mol. The van der Waals surface area contributed by atoms with Gasteiger partial charge in [-0.2, -0.15) is 0 Å². The second kappa shape index (κ2) is 8.70. The van der Waals surface area contributed by atoms with Gasteiger partial charge in [-0.25, -0.2) is 0 Å². The monoisotopic (exact) mass is 416 g/mol. The average molecular weight is 417 g/mol. The third-order valence-electron chi connectivity index (χ3n) is 6.08. The second-order valence-electron chi connectivity index (χ2n) is 8.29. The maximum atomic E-state index is 13.7. The summed E-state index contributed by atoms with van der Waals surface area (Å²) in [5, 5.41) is 0.415. The zero-order valence-electron chi connectivity index (χ0n) is 17.2. The molecule has 2 aliphatic rings. The Kier molecular flexibility index (Phi) is 6.47. The Hall–Kier alpha value is -2.14. The highest BCUT2D eigenvalue weighted by molar-refractivity contribution is 6.32. The Balaban J connectivity index is 2.01. The highest BCUT2D eigenvalue weighted by atomic mass is 35.5. The van der Waals surface area contributed by atoms with E-state index in [0.717, 1.165) is 31.3 Å². The number of likely N-dealkylation sites (tertiary alicyclic amines) is 1. The van der Waals surface area contributed by atoms with Crippen molar-refractivity contribution in [2.75, 3.05) is 13.1 Å². The summed E-state index contributed by atoms with van der Waals surface area (Å²) in [5.41, 5.74) is 0.200. The molecule has 0 spiro atoms. The van der Waals surface area contributed by atoms with Crippen LogP contribution in [0.15, 0.2) is 36.4 Å². The van der Waals surface area contributed by atoms with Gasteiger partial charge in [0.1, 0.15) is 0 Å². The van der Waals surface area contributed by atoms with Gasteiger partial charge in [-0.1, -0.05) is 54.8 Å². The summed E-state index contributed by atoms with van der Waals surface area (Å²) in [4.78, 5) is 43.0. The normalized spacial score (nSPS) is 22.4. The maximum absolute atomic E-state index is 13.7. The van der Waals surface area contributed by atoms with E-state index in [-0.39, 0.29) is 36.6 Å². The Labute approximate surface area is 177 Å². The first-order valence-electron chi connectivity index (χ1n) is 10.3. The van der Waals surface area contributed by atoms with E-state index in [0.29, 0.717) is 23.7 Å². The van der Waals surface area contributed by atoms with Gasteiger partial charge >= 0.3 is 0 Å². The molecular formula is C23H29ClN2O3. The lowest BCUT2D eigenvalue weighted by Gasteiger charge is -2.32. The van der Waals surface area contributed by atoms with Gasteiger partial charge < -0.3 is 4.90 Å². The lowest BCUT2D eigenvalue weighted by atomic mass is 9.75. The molecule has 0 N–H and O–H groups in total. The van der Waals surface area contributed by atoms with Gasteiger partial charge in [0.05, 0.1) is 5.41 Å². The van der Waals surface area contributed by atoms with Crippen LogP contribution in [-0.2, 0) is 19.8 Å². The van der Waals surface area contributed by atoms with E-state index < -0.39 is 5.41 Å². The van der Waals surface area contributed by atoms with Crippen molar-refractivity contribution in [3.05, 3.63) is 47.0 Å². The number of benzene rings is 1. The summed E-state index contributed by atoms with van der Waals surface area (Å²) in [6, 6.07) is 7.01. The number of amides is 3. The van der Waals surface area contributed by atoms with Crippen LogP contribution >= 0.6 is 11.6 Å². The van der Waals surface area contributed by atoms with Crippen LogP contribution in [-0.4, -0.2) is 46.7 Å². The molecule has 6 heteroatoms. The fourth-order valence-electron chi connectivity index (χ4n) is 4.66. The smallest absolute Gasteiger partial charge is 0.241 e. The van der Waals surface area contributed by atoms with E-state index >= 15 is 0 Å². The molecule has 0 bridgehead atoms. The first-order chi connectivity index (χ1) is 13.8. The molecule has 3 amide bonds. The Morgan fingerprint density at radius 1 is 1.28 bits per heavy atom. The molecule has 1 heterocycles. The lowest BCUT2D eigenvalue weighted by molar-refractivity contribution is -0.144. The van der Waals surface area contributed by atoms with Crippen LogP contribution in [0.3, 0.4) is 0 Å². The van der Waals surface area contributed by atoms with E-state index in [1.807, 2.05) is 13.8 Å². The summed E-state index contributed by atoms with van der Waals surface area (Å²) in [6.07, 6.45) is 3.62. The zero-order valence-corrected chi connectivity index (χ0v) is 18.0. The van der Waals surface area contributed by atoms with Crippen molar-refractivity contribution in [2.24, 2.45) is 0 Å². The molecule has 1 atom stereocenters. The number of carbonyl (C=O) groups is 3. The van der Waals surface area contributed by atoms with Crippen LogP contribution in [0.5, 0.6) is 0 Å². The predicted octanol–water partition coefficient (Wildman–Crippen LogP) is 4.09. The first kappa shape index (κ1) is 21.6. The number of carbonyl (C=O) groups excluding carboxylic acids is 3. The van der Waals surface area contributed by atoms with Crippen LogP contribution in [0.1, 0.15) is 57.9 Å². The molecule has 0 aromatic heterocycles. The van der Waals surface area contributed by atoms with Gasteiger partial charge in [0.25, 0.3) is 0 Å². The average Bonchev–Trinajstić information content (AvgIpc) is 3.27. The Bertz CT molecular complexity index is 831. The van der Waals surface area contributed by atoms with E-state index in [1.54, 1.807) is 29.2 Å². The molecule has 1 saturated carbocycles. The van der Waals surface area contributed by atoms with Gasteiger partial charge in [-0.05, 0) is 38.3 Å². The first-order valence-corrected chi connectivity index (χ1v) is 10.7. The molecular weight excluding hydrogens is 388 g/mol. The van der Waals surface area contributed by atoms with Crippen molar-refractivity contribution < 1.29 is 14.4 Å². The molecule has 0 radical (unpaired) electrons. The van der Waals surface area contributed by atoms with Crippen molar-refractivity contribution in [1.29, 1.82) is 0 Å². The molecule has 1 saturated heterocycles. The quantitative estimate of drug-likeness (QED) is 0.496. The maximum Gasteiger partial charge on any atom is 0.241 e. The molecule has 1 aliphatic carbocycles. The third kappa shape index (κ3) is 4.11. The molecule has 1 aromatic carbocycles. The minimum atomic E-state index is -1.24. The Morgan fingerprint density at radius 3 is 2.52 bits per heavy atom. The minimum Gasteiger partial charge on any atom is -0.339 e. The fourth-order valence-corrected chi connectivity index (χ4v) is 4.98. The van der Waals surface area contributed by atoms with E-state index in [4.69, 9.17) is 11.6 Å². The van der Waals surface area contributed by atoms with Crippen molar-refractivity contribution in [2.45, 2.75) is 63.8 Å². The number of hydrogen-bond acceptors (Lipinski definition) is 3. The summed E-state index contributed by atoms with van der Waals surface area (Å²) in [7, 11) is 0. The number of rotatable bonds is 7. The lowest BCUT2D eigenvalue weighted by Crippen LogP contribution is -2.46. The van der Waals surface area contributed by atoms with E-state index in [1.165, 1.54) is 4.90 Å². The number of halogens is 1. The molecule has 1 aromatic rings. The number of hydrogen-bond donors (Lipinski definition) is 0. The third-order valence-corrected chi connectivity index (χ3v) is 6.41. The highest BCUT2D eigenvalue weighted by Gasteiger charge is 2.56. The number of likely N-dealkylation sites (N-methyl/N-ethyl adjacent to an activating group) is 1. The van der Waals surface area contributed by atoms with Crippen LogP contribution in [0, 0.1) is 0 Å². The molecule has 156 valence electrons. The van der Waals surface area contributed by atoms with Crippen LogP contribution in [0.4, 0.5) is 0 Å². The van der Waals surface area contributed by atoms with Crippen molar-refractivity contribution in [1.82, 2.24) is 9.80 Å². The SMILES string of the molecule is C=C(C)CN(CC)C(=O)C[C@@]1(c2ccccc2Cl)CC(=O)N(C2CCCC2)C1=O. The number of nitrogens with zero attached hydrogens (tertiary/aromatic N) is 2. The topological polar surface area (TPSA) is 57.7 Å². The van der Waals surface area contributed by atoms with Gasteiger partial charge in [-0.15, -0.1) is 0 Å². The summed E-state index contributed by atoms with van der Waals surface area (Å²) in [6.45, 7) is 8.60. The van der Waals surface area contributed by atoms with Gasteiger partial charge in [0.15, 0.2) is 0 Å². The van der Waals surface area contributed by atoms with E-state index in [9.17, 15) is 14.4 Å². The summed E-state index contributed by atoms with van der Waals surface area (Å²) >= 11 is 6.47. The van der Waals surface area contributed by atoms with Gasteiger partial charge in [0.2, 0.25) is 17.7 Å². The molecule has 29 heavy (non-hydrogen) atoms. The van der Waals surface area contributed by atoms with Gasteiger partial charge in [0, 0.05) is 37.0 Å². The minimum absolute atomic E-state index is 0.0115. The zero-order chi connectivity index (χ0) is 21.2. The molecule has 3 rings (SSSR count). The largest absolute Gasteiger partial charge is 0.339 e. The summed E-state index contributed by atoms with van der Waals surface area (Å²) < 4.78 is 0. The van der Waals surface area contributed by atoms with Crippen LogP contribution < -0.4 is 0 Å².